The second kappa shape index (κ2) is 7.06. The van der Waals surface area contributed by atoms with Crippen molar-refractivity contribution in [2.45, 2.75) is 32.3 Å². The first-order chi connectivity index (χ1) is 9.24. The summed E-state index contributed by atoms with van der Waals surface area (Å²) >= 11 is 3.55. The minimum absolute atomic E-state index is 0.325. The van der Waals surface area contributed by atoms with Crippen molar-refractivity contribution in [3.8, 4) is 0 Å². The maximum Gasteiger partial charge on any atom is 0.150 e. The van der Waals surface area contributed by atoms with E-state index in [-0.39, 0.29) is 0 Å². The molecule has 1 aliphatic rings. The van der Waals surface area contributed by atoms with Crippen LogP contribution in [0.5, 0.6) is 0 Å². The Morgan fingerprint density at radius 1 is 1.53 bits per heavy atom. The molecule has 4 heteroatoms. The lowest BCUT2D eigenvalue weighted by atomic mass is 10.1. The summed E-state index contributed by atoms with van der Waals surface area (Å²) in [5.74, 6) is 0. The normalized spacial score (nSPS) is 19.5. The molecule has 0 radical (unpaired) electrons. The topological polar surface area (TPSA) is 29.5 Å². The van der Waals surface area contributed by atoms with Gasteiger partial charge < -0.3 is 9.64 Å². The molecule has 0 spiro atoms. The van der Waals surface area contributed by atoms with Crippen LogP contribution in [-0.4, -0.2) is 32.1 Å². The number of nitrogens with zero attached hydrogens (tertiary/aromatic N) is 1. The Labute approximate surface area is 123 Å². The molecule has 1 aromatic carbocycles. The zero-order valence-corrected chi connectivity index (χ0v) is 12.9. The van der Waals surface area contributed by atoms with E-state index in [1.165, 1.54) is 0 Å². The van der Waals surface area contributed by atoms with Crippen molar-refractivity contribution >= 4 is 27.9 Å². The van der Waals surface area contributed by atoms with Gasteiger partial charge in [-0.2, -0.15) is 0 Å². The molecule has 0 N–H and O–H groups in total. The van der Waals surface area contributed by atoms with E-state index in [2.05, 4.69) is 27.8 Å². The van der Waals surface area contributed by atoms with Gasteiger partial charge in [-0.15, -0.1) is 0 Å². The third-order valence-corrected chi connectivity index (χ3v) is 4.02. The van der Waals surface area contributed by atoms with Gasteiger partial charge in [0.1, 0.15) is 6.29 Å². The van der Waals surface area contributed by atoms with Crippen LogP contribution in [0.4, 0.5) is 5.69 Å². The van der Waals surface area contributed by atoms with Gasteiger partial charge in [-0.25, -0.2) is 0 Å². The Kier molecular flexibility index (Phi) is 5.40. The van der Waals surface area contributed by atoms with Crippen LogP contribution in [0.15, 0.2) is 22.7 Å². The zero-order valence-electron chi connectivity index (χ0n) is 11.3. The van der Waals surface area contributed by atoms with Gasteiger partial charge in [0, 0.05) is 29.7 Å². The van der Waals surface area contributed by atoms with Crippen LogP contribution in [0.2, 0.25) is 0 Å². The van der Waals surface area contributed by atoms with Crippen LogP contribution in [-0.2, 0) is 4.74 Å². The molecular weight excluding hydrogens is 306 g/mol. The van der Waals surface area contributed by atoms with Gasteiger partial charge >= 0.3 is 0 Å². The number of aldehydes is 1. The molecule has 1 aliphatic heterocycles. The Morgan fingerprint density at radius 3 is 3.05 bits per heavy atom. The van der Waals surface area contributed by atoms with Crippen molar-refractivity contribution < 1.29 is 9.53 Å². The van der Waals surface area contributed by atoms with E-state index < -0.39 is 0 Å². The second-order valence-electron chi connectivity index (χ2n) is 4.91. The number of piperidine rings is 1. The van der Waals surface area contributed by atoms with Crippen molar-refractivity contribution in [2.75, 3.05) is 24.6 Å². The van der Waals surface area contributed by atoms with Gasteiger partial charge in [0.2, 0.25) is 0 Å². The zero-order chi connectivity index (χ0) is 13.7. The highest BCUT2D eigenvalue weighted by Crippen LogP contribution is 2.29. The molecule has 1 atom stereocenters. The van der Waals surface area contributed by atoms with E-state index in [4.69, 9.17) is 4.74 Å². The molecule has 1 unspecified atom stereocenters. The molecule has 0 amide bonds. The van der Waals surface area contributed by atoms with Crippen molar-refractivity contribution in [3.63, 3.8) is 0 Å². The van der Waals surface area contributed by atoms with E-state index in [9.17, 15) is 4.79 Å². The minimum atomic E-state index is 0.325. The largest absolute Gasteiger partial charge is 0.376 e. The van der Waals surface area contributed by atoms with Gasteiger partial charge in [0.15, 0.2) is 0 Å². The monoisotopic (exact) mass is 325 g/mol. The quantitative estimate of drug-likeness (QED) is 0.774. The van der Waals surface area contributed by atoms with Crippen LogP contribution in [0, 0.1) is 0 Å². The number of hydrogen-bond acceptors (Lipinski definition) is 3. The van der Waals surface area contributed by atoms with E-state index in [0.29, 0.717) is 11.7 Å². The highest BCUT2D eigenvalue weighted by Gasteiger charge is 2.21. The third kappa shape index (κ3) is 3.80. The van der Waals surface area contributed by atoms with E-state index >= 15 is 0 Å². The molecule has 1 fully saturated rings. The number of anilines is 1. The van der Waals surface area contributed by atoms with E-state index in [1.807, 2.05) is 18.2 Å². The highest BCUT2D eigenvalue weighted by molar-refractivity contribution is 9.10. The lowest BCUT2D eigenvalue weighted by Crippen LogP contribution is -2.40. The molecule has 3 nitrogen and oxygen atoms in total. The average molecular weight is 326 g/mol. The summed E-state index contributed by atoms with van der Waals surface area (Å²) in [6.07, 6.45) is 4.55. The molecule has 0 bridgehead atoms. The lowest BCUT2D eigenvalue weighted by Gasteiger charge is -2.35. The smallest absolute Gasteiger partial charge is 0.150 e. The minimum Gasteiger partial charge on any atom is -0.376 e. The molecule has 104 valence electrons. The van der Waals surface area contributed by atoms with Crippen LogP contribution in [0.1, 0.15) is 36.5 Å². The molecular formula is C15H20BrNO2. The first kappa shape index (κ1) is 14.5. The Balaban J connectivity index is 2.06. The number of carbonyl (C=O) groups excluding carboxylic acids is 1. The first-order valence-electron chi connectivity index (χ1n) is 6.86. The van der Waals surface area contributed by atoms with Crippen LogP contribution in [0.25, 0.3) is 0 Å². The third-order valence-electron chi connectivity index (χ3n) is 3.38. The van der Waals surface area contributed by atoms with Crippen LogP contribution in [0.3, 0.4) is 0 Å². The summed E-state index contributed by atoms with van der Waals surface area (Å²) in [4.78, 5) is 13.1. The van der Waals surface area contributed by atoms with Crippen molar-refractivity contribution in [1.82, 2.24) is 0 Å². The molecule has 1 aromatic rings. The SMILES string of the molecule is CCCOC1CCCN(c2ccc(C=O)cc2Br)C1. The number of benzene rings is 1. The summed E-state index contributed by atoms with van der Waals surface area (Å²) in [6, 6.07) is 5.75. The summed E-state index contributed by atoms with van der Waals surface area (Å²) < 4.78 is 6.84. The molecule has 19 heavy (non-hydrogen) atoms. The number of halogens is 1. The predicted octanol–water partition coefficient (Wildman–Crippen LogP) is 3.66. The summed E-state index contributed by atoms with van der Waals surface area (Å²) in [6.45, 7) is 4.95. The average Bonchev–Trinajstić information content (AvgIpc) is 2.45. The standard InChI is InChI=1S/C15H20BrNO2/c1-2-8-19-13-4-3-7-17(10-13)15-6-5-12(11-18)9-14(15)16/h5-6,9,11,13H,2-4,7-8,10H2,1H3. The Morgan fingerprint density at radius 2 is 2.37 bits per heavy atom. The predicted molar refractivity (Wildman–Crippen MR) is 81.0 cm³/mol. The van der Waals surface area contributed by atoms with Gasteiger partial charge in [0.05, 0.1) is 11.8 Å². The van der Waals surface area contributed by atoms with Gasteiger partial charge in [-0.1, -0.05) is 6.92 Å². The Hall–Kier alpha value is -0.870. The van der Waals surface area contributed by atoms with Gasteiger partial charge in [-0.3, -0.25) is 4.79 Å². The lowest BCUT2D eigenvalue weighted by molar-refractivity contribution is 0.0440. The van der Waals surface area contributed by atoms with Crippen molar-refractivity contribution in [2.24, 2.45) is 0 Å². The number of ether oxygens (including phenoxy) is 1. The maximum absolute atomic E-state index is 10.8. The summed E-state index contributed by atoms with van der Waals surface area (Å²) in [5, 5.41) is 0. The van der Waals surface area contributed by atoms with Crippen LogP contribution < -0.4 is 4.90 Å². The fraction of sp³-hybridized carbons (Fsp3) is 0.533. The van der Waals surface area contributed by atoms with Gasteiger partial charge in [0.25, 0.3) is 0 Å². The fourth-order valence-corrected chi connectivity index (χ4v) is 3.08. The van der Waals surface area contributed by atoms with Crippen LogP contribution >= 0.6 is 15.9 Å². The summed E-state index contributed by atoms with van der Waals surface area (Å²) in [5.41, 5.74) is 1.85. The highest BCUT2D eigenvalue weighted by atomic mass is 79.9. The molecule has 0 saturated carbocycles. The molecule has 1 saturated heterocycles. The second-order valence-corrected chi connectivity index (χ2v) is 5.76. The van der Waals surface area contributed by atoms with E-state index in [1.54, 1.807) is 0 Å². The fourth-order valence-electron chi connectivity index (χ4n) is 2.43. The van der Waals surface area contributed by atoms with Crippen molar-refractivity contribution in [1.29, 1.82) is 0 Å². The first-order valence-corrected chi connectivity index (χ1v) is 7.65. The molecule has 2 rings (SSSR count). The maximum atomic E-state index is 10.8. The molecule has 0 aromatic heterocycles. The molecule has 0 aliphatic carbocycles. The Bertz CT molecular complexity index is 436. The molecule has 1 heterocycles. The van der Waals surface area contributed by atoms with E-state index in [0.717, 1.165) is 55.4 Å². The number of rotatable bonds is 5. The van der Waals surface area contributed by atoms with Gasteiger partial charge in [-0.05, 0) is 53.4 Å². The number of hydrogen-bond donors (Lipinski definition) is 0. The van der Waals surface area contributed by atoms with Crippen molar-refractivity contribution in [3.05, 3.63) is 28.2 Å². The number of carbonyl (C=O) groups is 1. The summed E-state index contributed by atoms with van der Waals surface area (Å²) in [7, 11) is 0.